The normalized spacial score (nSPS) is 11.3. The van der Waals surface area contributed by atoms with E-state index in [-0.39, 0.29) is 10.6 Å². The quantitative estimate of drug-likeness (QED) is 0.856. The summed E-state index contributed by atoms with van der Waals surface area (Å²) >= 11 is 0. The molecule has 106 valence electrons. The van der Waals surface area contributed by atoms with Crippen LogP contribution in [0, 0.1) is 18.6 Å². The Kier molecular flexibility index (Phi) is 3.63. The highest BCUT2D eigenvalue weighted by molar-refractivity contribution is 7.92. The van der Waals surface area contributed by atoms with Crippen molar-refractivity contribution in [1.29, 1.82) is 0 Å². The number of nitrogens with two attached hydrogens (primary N) is 1. The van der Waals surface area contributed by atoms with E-state index >= 15 is 0 Å². The molecule has 0 atom stereocenters. The van der Waals surface area contributed by atoms with Crippen LogP contribution in [-0.2, 0) is 10.0 Å². The number of nitrogen functional groups attached to an aromatic ring is 1. The third kappa shape index (κ3) is 2.88. The number of rotatable bonds is 3. The Morgan fingerprint density at radius 2 is 1.85 bits per heavy atom. The molecule has 3 N–H and O–H groups in total. The van der Waals surface area contributed by atoms with E-state index in [4.69, 9.17) is 5.73 Å². The van der Waals surface area contributed by atoms with Gasteiger partial charge in [-0.3, -0.25) is 4.72 Å². The van der Waals surface area contributed by atoms with Crippen molar-refractivity contribution >= 4 is 21.4 Å². The lowest BCUT2D eigenvalue weighted by molar-refractivity contribution is 0.511. The topological polar surface area (TPSA) is 72.2 Å². The molecule has 0 saturated carbocycles. The molecule has 0 amide bonds. The van der Waals surface area contributed by atoms with Gasteiger partial charge < -0.3 is 5.73 Å². The van der Waals surface area contributed by atoms with Gasteiger partial charge in [0.2, 0.25) is 0 Å². The summed E-state index contributed by atoms with van der Waals surface area (Å²) in [7, 11) is -4.03. The maximum absolute atomic E-state index is 13.5. The highest BCUT2D eigenvalue weighted by Gasteiger charge is 2.18. The zero-order valence-corrected chi connectivity index (χ0v) is 11.3. The van der Waals surface area contributed by atoms with Gasteiger partial charge in [0, 0.05) is 5.69 Å². The van der Waals surface area contributed by atoms with Crippen molar-refractivity contribution < 1.29 is 17.2 Å². The Morgan fingerprint density at radius 1 is 1.15 bits per heavy atom. The van der Waals surface area contributed by atoms with Crippen molar-refractivity contribution in [1.82, 2.24) is 0 Å². The fraction of sp³-hybridized carbons (Fsp3) is 0.0769. The van der Waals surface area contributed by atoms with Crippen LogP contribution in [0.2, 0.25) is 0 Å². The molecule has 0 heterocycles. The van der Waals surface area contributed by atoms with E-state index in [2.05, 4.69) is 0 Å². The third-order valence-electron chi connectivity index (χ3n) is 2.58. The number of sulfonamides is 1. The standard InChI is InChI=1S/C13H12F2N2O2S/c1-8-5-9(16)7-10(6-8)20(18,19)17-12-4-2-3-11(14)13(12)15/h2-7,17H,16H2,1H3. The minimum atomic E-state index is -4.03. The Morgan fingerprint density at radius 3 is 2.50 bits per heavy atom. The molecule has 2 aromatic rings. The summed E-state index contributed by atoms with van der Waals surface area (Å²) in [6.07, 6.45) is 0. The predicted molar refractivity (Wildman–Crippen MR) is 72.8 cm³/mol. The van der Waals surface area contributed by atoms with Crippen molar-refractivity contribution in [3.8, 4) is 0 Å². The molecule has 0 aromatic heterocycles. The lowest BCUT2D eigenvalue weighted by atomic mass is 10.2. The molecule has 0 bridgehead atoms. The predicted octanol–water partition coefficient (Wildman–Crippen LogP) is 2.66. The summed E-state index contributed by atoms with van der Waals surface area (Å²) in [5, 5.41) is 0. The Labute approximate surface area is 115 Å². The summed E-state index contributed by atoms with van der Waals surface area (Å²) in [6, 6.07) is 7.47. The van der Waals surface area contributed by atoms with Gasteiger partial charge in [-0.1, -0.05) is 6.07 Å². The lowest BCUT2D eigenvalue weighted by Crippen LogP contribution is -2.15. The Bertz CT molecular complexity index is 741. The molecule has 0 radical (unpaired) electrons. The van der Waals surface area contributed by atoms with Crippen LogP contribution in [0.25, 0.3) is 0 Å². The van der Waals surface area contributed by atoms with E-state index in [9.17, 15) is 17.2 Å². The smallest absolute Gasteiger partial charge is 0.262 e. The molecule has 0 saturated heterocycles. The first-order chi connectivity index (χ1) is 9.29. The summed E-state index contributed by atoms with van der Waals surface area (Å²) < 4.78 is 52.8. The van der Waals surface area contributed by atoms with E-state index < -0.39 is 27.3 Å². The van der Waals surface area contributed by atoms with Gasteiger partial charge in [0.15, 0.2) is 11.6 Å². The van der Waals surface area contributed by atoms with Crippen molar-refractivity contribution in [2.75, 3.05) is 10.5 Å². The van der Waals surface area contributed by atoms with E-state index in [1.807, 2.05) is 4.72 Å². The number of hydrogen-bond acceptors (Lipinski definition) is 3. The highest BCUT2D eigenvalue weighted by atomic mass is 32.2. The summed E-state index contributed by atoms with van der Waals surface area (Å²) in [6.45, 7) is 1.68. The first kappa shape index (κ1) is 14.3. The molecule has 2 rings (SSSR count). The molecular weight excluding hydrogens is 286 g/mol. The van der Waals surface area contributed by atoms with Crippen LogP contribution >= 0.6 is 0 Å². The third-order valence-corrected chi connectivity index (χ3v) is 3.92. The zero-order chi connectivity index (χ0) is 14.9. The monoisotopic (exact) mass is 298 g/mol. The minimum absolute atomic E-state index is 0.112. The van der Waals surface area contributed by atoms with E-state index in [0.29, 0.717) is 5.56 Å². The fourth-order valence-corrected chi connectivity index (χ4v) is 2.92. The van der Waals surface area contributed by atoms with E-state index in [1.54, 1.807) is 13.0 Å². The number of hydrogen-bond donors (Lipinski definition) is 2. The highest BCUT2D eigenvalue weighted by Crippen LogP contribution is 2.22. The molecule has 4 nitrogen and oxygen atoms in total. The van der Waals surface area contributed by atoms with Crippen LogP contribution in [0.15, 0.2) is 41.3 Å². The Hall–Kier alpha value is -2.15. The second kappa shape index (κ2) is 5.09. The molecule has 7 heteroatoms. The van der Waals surface area contributed by atoms with E-state index in [1.165, 1.54) is 18.2 Å². The second-order valence-corrected chi connectivity index (χ2v) is 5.97. The zero-order valence-electron chi connectivity index (χ0n) is 10.5. The average Bonchev–Trinajstić information content (AvgIpc) is 2.33. The average molecular weight is 298 g/mol. The molecule has 2 aromatic carbocycles. The number of anilines is 2. The molecule has 0 spiro atoms. The van der Waals surface area contributed by atoms with Crippen LogP contribution in [0.1, 0.15) is 5.56 Å². The Balaban J connectivity index is 2.43. The van der Waals surface area contributed by atoms with Gasteiger partial charge in [0.05, 0.1) is 10.6 Å². The van der Waals surface area contributed by atoms with Crippen LogP contribution < -0.4 is 10.5 Å². The lowest BCUT2D eigenvalue weighted by Gasteiger charge is -2.10. The largest absolute Gasteiger partial charge is 0.399 e. The number of halogens is 2. The summed E-state index contributed by atoms with van der Waals surface area (Å²) in [5.74, 6) is -2.38. The molecule has 0 aliphatic carbocycles. The van der Waals surface area contributed by atoms with Crippen molar-refractivity contribution in [3.05, 3.63) is 53.6 Å². The number of nitrogens with one attached hydrogen (secondary N) is 1. The van der Waals surface area contributed by atoms with Gasteiger partial charge in [-0.25, -0.2) is 17.2 Å². The van der Waals surface area contributed by atoms with Crippen LogP contribution in [0.4, 0.5) is 20.2 Å². The number of benzene rings is 2. The van der Waals surface area contributed by atoms with Crippen molar-refractivity contribution in [2.45, 2.75) is 11.8 Å². The first-order valence-electron chi connectivity index (χ1n) is 5.63. The van der Waals surface area contributed by atoms with Gasteiger partial charge in [-0.15, -0.1) is 0 Å². The van der Waals surface area contributed by atoms with Gasteiger partial charge in [0.1, 0.15) is 0 Å². The molecule has 0 fully saturated rings. The van der Waals surface area contributed by atoms with Gasteiger partial charge >= 0.3 is 0 Å². The van der Waals surface area contributed by atoms with Crippen molar-refractivity contribution in [3.63, 3.8) is 0 Å². The maximum atomic E-state index is 13.5. The SMILES string of the molecule is Cc1cc(N)cc(S(=O)(=O)Nc2cccc(F)c2F)c1. The molecular formula is C13H12F2N2O2S. The molecule has 0 unspecified atom stereocenters. The molecule has 0 aliphatic heterocycles. The summed E-state index contributed by atoms with van der Waals surface area (Å²) in [4.78, 5) is -0.112. The molecule has 0 aliphatic rings. The van der Waals surface area contributed by atoms with Gasteiger partial charge in [-0.2, -0.15) is 0 Å². The minimum Gasteiger partial charge on any atom is -0.399 e. The van der Waals surface area contributed by atoms with E-state index in [0.717, 1.165) is 12.1 Å². The van der Waals surface area contributed by atoms with Gasteiger partial charge in [0.25, 0.3) is 10.0 Å². The van der Waals surface area contributed by atoms with Crippen LogP contribution in [0.3, 0.4) is 0 Å². The van der Waals surface area contributed by atoms with Crippen molar-refractivity contribution in [2.24, 2.45) is 0 Å². The number of aryl methyl sites for hydroxylation is 1. The maximum Gasteiger partial charge on any atom is 0.262 e. The van der Waals surface area contributed by atoms with Gasteiger partial charge in [-0.05, 0) is 42.8 Å². The van der Waals surface area contributed by atoms with Crippen LogP contribution in [-0.4, -0.2) is 8.42 Å². The second-order valence-electron chi connectivity index (χ2n) is 4.29. The first-order valence-corrected chi connectivity index (χ1v) is 7.12. The summed E-state index contributed by atoms with van der Waals surface area (Å²) in [5.41, 5.74) is 6.04. The molecule has 20 heavy (non-hydrogen) atoms. The van der Waals surface area contributed by atoms with Crippen LogP contribution in [0.5, 0.6) is 0 Å². The fourth-order valence-electron chi connectivity index (χ4n) is 1.72.